The molecule has 90 valence electrons. The summed E-state index contributed by atoms with van der Waals surface area (Å²) in [5, 5.41) is 11.5. The lowest BCUT2D eigenvalue weighted by molar-refractivity contribution is 0.282. The molecule has 2 nitrogen and oxygen atoms in total. The van der Waals surface area contributed by atoms with Gasteiger partial charge >= 0.3 is 0 Å². The Bertz CT molecular complexity index is 453. The maximum atomic E-state index is 9.36. The van der Waals surface area contributed by atoms with Gasteiger partial charge in [-0.05, 0) is 24.4 Å². The van der Waals surface area contributed by atoms with Crippen molar-refractivity contribution in [1.29, 1.82) is 0 Å². The van der Waals surface area contributed by atoms with Crippen molar-refractivity contribution < 1.29 is 5.11 Å². The largest absolute Gasteiger partial charge is 0.392 e. The summed E-state index contributed by atoms with van der Waals surface area (Å²) in [5.41, 5.74) is 2.12. The lowest BCUT2D eigenvalue weighted by atomic mass is 10.1. The van der Waals surface area contributed by atoms with Crippen LogP contribution in [0.15, 0.2) is 41.8 Å². The Kier molecular flexibility index (Phi) is 4.18. The summed E-state index contributed by atoms with van der Waals surface area (Å²) in [6.07, 6.45) is 0. The number of thiophene rings is 1. The number of aliphatic hydroxyl groups is 1. The fourth-order valence-corrected chi connectivity index (χ4v) is 2.63. The van der Waals surface area contributed by atoms with Gasteiger partial charge in [-0.1, -0.05) is 24.3 Å². The number of para-hydroxylation sites is 1. The number of aliphatic hydroxyl groups excluding tert-OH is 1. The number of anilines is 1. The van der Waals surface area contributed by atoms with E-state index in [2.05, 4.69) is 35.4 Å². The minimum Gasteiger partial charge on any atom is -0.392 e. The molecule has 1 heterocycles. The first-order valence-corrected chi connectivity index (χ1v) is 6.69. The predicted molar refractivity (Wildman–Crippen MR) is 73.4 cm³/mol. The lowest BCUT2D eigenvalue weighted by Crippen LogP contribution is -2.22. The summed E-state index contributed by atoms with van der Waals surface area (Å²) in [6, 6.07) is 12.3. The first-order valence-electron chi connectivity index (χ1n) is 5.81. The molecule has 0 saturated carbocycles. The molecule has 0 saturated heterocycles. The van der Waals surface area contributed by atoms with Crippen LogP contribution in [0.5, 0.6) is 0 Å². The van der Waals surface area contributed by atoms with Gasteiger partial charge in [0.1, 0.15) is 0 Å². The van der Waals surface area contributed by atoms with Gasteiger partial charge in [-0.15, -0.1) is 11.3 Å². The van der Waals surface area contributed by atoms with Gasteiger partial charge in [-0.3, -0.25) is 0 Å². The van der Waals surface area contributed by atoms with Crippen LogP contribution in [0, 0.1) is 0 Å². The molecule has 0 fully saturated rings. The third kappa shape index (κ3) is 2.87. The maximum Gasteiger partial charge on any atom is 0.0702 e. The molecule has 2 rings (SSSR count). The smallest absolute Gasteiger partial charge is 0.0702 e. The Morgan fingerprint density at radius 3 is 2.65 bits per heavy atom. The van der Waals surface area contributed by atoms with Gasteiger partial charge in [0.05, 0.1) is 13.2 Å². The van der Waals surface area contributed by atoms with E-state index in [9.17, 15) is 5.11 Å². The zero-order chi connectivity index (χ0) is 12.1. The summed E-state index contributed by atoms with van der Waals surface area (Å²) in [6.45, 7) is 4.08. The zero-order valence-corrected chi connectivity index (χ0v) is 10.8. The molecule has 0 radical (unpaired) electrons. The highest BCUT2D eigenvalue weighted by molar-refractivity contribution is 7.09. The summed E-state index contributed by atoms with van der Waals surface area (Å²) < 4.78 is 0. The molecule has 1 aromatic carbocycles. The van der Waals surface area contributed by atoms with Gasteiger partial charge in [-0.2, -0.15) is 0 Å². The molecule has 0 bridgehead atoms. The standard InChI is InChI=1S/C14H17NOS/c1-2-15(10-13-7-5-9-17-13)14-8-4-3-6-12(14)11-16/h3-9,16H,2,10-11H2,1H3. The quantitative estimate of drug-likeness (QED) is 0.876. The van der Waals surface area contributed by atoms with E-state index in [-0.39, 0.29) is 6.61 Å². The van der Waals surface area contributed by atoms with Crippen LogP contribution in [0.2, 0.25) is 0 Å². The van der Waals surface area contributed by atoms with Crippen molar-refractivity contribution in [3.05, 3.63) is 52.2 Å². The van der Waals surface area contributed by atoms with Crippen molar-refractivity contribution in [2.45, 2.75) is 20.1 Å². The average molecular weight is 247 g/mol. The van der Waals surface area contributed by atoms with Gasteiger partial charge < -0.3 is 10.0 Å². The molecular formula is C14H17NOS. The second-order valence-electron chi connectivity index (χ2n) is 3.88. The molecule has 17 heavy (non-hydrogen) atoms. The fraction of sp³-hybridized carbons (Fsp3) is 0.286. The first-order chi connectivity index (χ1) is 8.35. The SMILES string of the molecule is CCN(Cc1cccs1)c1ccccc1CO. The van der Waals surface area contributed by atoms with E-state index in [1.54, 1.807) is 11.3 Å². The molecule has 2 aromatic rings. The van der Waals surface area contributed by atoms with Crippen LogP contribution in [0.1, 0.15) is 17.4 Å². The fourth-order valence-electron chi connectivity index (χ4n) is 1.91. The molecule has 0 aliphatic rings. The molecule has 0 amide bonds. The van der Waals surface area contributed by atoms with Crippen LogP contribution < -0.4 is 4.90 Å². The number of benzene rings is 1. The van der Waals surface area contributed by atoms with E-state index in [1.165, 1.54) is 4.88 Å². The first kappa shape index (κ1) is 12.1. The van der Waals surface area contributed by atoms with E-state index < -0.39 is 0 Å². The Morgan fingerprint density at radius 1 is 1.18 bits per heavy atom. The molecule has 0 unspecified atom stereocenters. The number of hydrogen-bond donors (Lipinski definition) is 1. The minimum absolute atomic E-state index is 0.0944. The summed E-state index contributed by atoms with van der Waals surface area (Å²) in [7, 11) is 0. The maximum absolute atomic E-state index is 9.36. The third-order valence-electron chi connectivity index (χ3n) is 2.81. The van der Waals surface area contributed by atoms with Crippen molar-refractivity contribution in [2.24, 2.45) is 0 Å². The summed E-state index contributed by atoms with van der Waals surface area (Å²) in [4.78, 5) is 3.64. The molecule has 1 N–H and O–H groups in total. The van der Waals surface area contributed by atoms with Crippen molar-refractivity contribution in [2.75, 3.05) is 11.4 Å². The zero-order valence-electron chi connectivity index (χ0n) is 9.97. The number of nitrogens with zero attached hydrogens (tertiary/aromatic N) is 1. The molecule has 0 aliphatic carbocycles. The molecule has 3 heteroatoms. The third-order valence-corrected chi connectivity index (χ3v) is 3.67. The Hall–Kier alpha value is -1.32. The molecule has 0 spiro atoms. The lowest BCUT2D eigenvalue weighted by Gasteiger charge is -2.24. The number of hydrogen-bond acceptors (Lipinski definition) is 3. The van der Waals surface area contributed by atoms with E-state index in [4.69, 9.17) is 0 Å². The van der Waals surface area contributed by atoms with Gasteiger partial charge in [0.25, 0.3) is 0 Å². The monoisotopic (exact) mass is 247 g/mol. The van der Waals surface area contributed by atoms with Gasteiger partial charge in [0.15, 0.2) is 0 Å². The normalized spacial score (nSPS) is 10.5. The van der Waals surface area contributed by atoms with Gasteiger partial charge in [-0.25, -0.2) is 0 Å². The van der Waals surface area contributed by atoms with Crippen LogP contribution in [-0.2, 0) is 13.2 Å². The second-order valence-corrected chi connectivity index (χ2v) is 4.91. The van der Waals surface area contributed by atoms with Crippen LogP contribution >= 0.6 is 11.3 Å². The Morgan fingerprint density at radius 2 is 2.00 bits per heavy atom. The Balaban J connectivity index is 2.22. The van der Waals surface area contributed by atoms with Gasteiger partial charge in [0.2, 0.25) is 0 Å². The topological polar surface area (TPSA) is 23.5 Å². The second kappa shape index (κ2) is 5.84. The van der Waals surface area contributed by atoms with Crippen molar-refractivity contribution in [1.82, 2.24) is 0 Å². The highest BCUT2D eigenvalue weighted by atomic mass is 32.1. The van der Waals surface area contributed by atoms with Crippen LogP contribution in [-0.4, -0.2) is 11.7 Å². The van der Waals surface area contributed by atoms with E-state index in [1.807, 2.05) is 18.2 Å². The summed E-state index contributed by atoms with van der Waals surface area (Å²) in [5.74, 6) is 0. The van der Waals surface area contributed by atoms with Crippen LogP contribution in [0.3, 0.4) is 0 Å². The van der Waals surface area contributed by atoms with Crippen LogP contribution in [0.25, 0.3) is 0 Å². The van der Waals surface area contributed by atoms with Crippen molar-refractivity contribution in [3.8, 4) is 0 Å². The van der Waals surface area contributed by atoms with E-state index >= 15 is 0 Å². The highest BCUT2D eigenvalue weighted by Gasteiger charge is 2.09. The van der Waals surface area contributed by atoms with Gasteiger partial charge in [0, 0.05) is 22.7 Å². The van der Waals surface area contributed by atoms with E-state index in [0.717, 1.165) is 24.3 Å². The number of rotatable bonds is 5. The van der Waals surface area contributed by atoms with Crippen molar-refractivity contribution in [3.63, 3.8) is 0 Å². The molecule has 0 aliphatic heterocycles. The Labute approximate surface area is 106 Å². The summed E-state index contributed by atoms with van der Waals surface area (Å²) >= 11 is 1.77. The predicted octanol–water partition coefficient (Wildman–Crippen LogP) is 3.27. The molecular weight excluding hydrogens is 230 g/mol. The molecule has 1 aromatic heterocycles. The average Bonchev–Trinajstić information content (AvgIpc) is 2.89. The van der Waals surface area contributed by atoms with Crippen molar-refractivity contribution >= 4 is 17.0 Å². The van der Waals surface area contributed by atoms with Crippen LogP contribution in [0.4, 0.5) is 5.69 Å². The minimum atomic E-state index is 0.0944. The van der Waals surface area contributed by atoms with E-state index in [0.29, 0.717) is 0 Å². The molecule has 0 atom stereocenters. The highest BCUT2D eigenvalue weighted by Crippen LogP contribution is 2.23.